The van der Waals surface area contributed by atoms with Crippen molar-refractivity contribution in [1.82, 2.24) is 0 Å². The van der Waals surface area contributed by atoms with Crippen LogP contribution in [0.4, 0.5) is 0 Å². The SMILES string of the molecule is C[C@H]1CC2CC3CCC2CC31. The first-order valence-corrected chi connectivity index (χ1v) is 5.34. The van der Waals surface area contributed by atoms with E-state index >= 15 is 0 Å². The molecule has 5 rings (SSSR count). The Hall–Kier alpha value is 0. The van der Waals surface area contributed by atoms with Crippen LogP contribution in [0.1, 0.15) is 39.0 Å². The van der Waals surface area contributed by atoms with Crippen LogP contribution >= 0.6 is 0 Å². The van der Waals surface area contributed by atoms with Crippen LogP contribution in [0.15, 0.2) is 0 Å². The number of hydrogen-bond acceptors (Lipinski definition) is 0. The van der Waals surface area contributed by atoms with E-state index in [-0.39, 0.29) is 0 Å². The average Bonchev–Trinajstić information content (AvgIpc) is 2.05. The Bertz CT molecular complexity index is 171. The number of rotatable bonds is 0. The predicted molar refractivity (Wildman–Crippen MR) is 46.2 cm³/mol. The van der Waals surface area contributed by atoms with E-state index in [2.05, 4.69) is 6.92 Å². The van der Waals surface area contributed by atoms with Crippen molar-refractivity contribution < 1.29 is 0 Å². The molecule has 0 aromatic heterocycles. The second-order valence-corrected chi connectivity index (χ2v) is 5.21. The zero-order chi connectivity index (χ0) is 7.42. The molecule has 0 heterocycles. The fourth-order valence-corrected chi connectivity index (χ4v) is 4.24. The molecule has 11 heavy (non-hydrogen) atoms. The highest BCUT2D eigenvalue weighted by Crippen LogP contribution is 2.57. The van der Waals surface area contributed by atoms with Crippen molar-refractivity contribution in [3.63, 3.8) is 0 Å². The van der Waals surface area contributed by atoms with Gasteiger partial charge in [0, 0.05) is 0 Å². The van der Waals surface area contributed by atoms with Crippen molar-refractivity contribution >= 4 is 0 Å². The highest BCUT2D eigenvalue weighted by molar-refractivity contribution is 4.98. The highest BCUT2D eigenvalue weighted by atomic mass is 14.5. The van der Waals surface area contributed by atoms with E-state index in [1.807, 2.05) is 0 Å². The molecule has 5 saturated carbocycles. The number of hydrogen-bond donors (Lipinski definition) is 0. The summed E-state index contributed by atoms with van der Waals surface area (Å²) in [6.45, 7) is 2.49. The summed E-state index contributed by atoms with van der Waals surface area (Å²) in [7, 11) is 0. The summed E-state index contributed by atoms with van der Waals surface area (Å²) in [6.07, 6.45) is 7.96. The van der Waals surface area contributed by atoms with Crippen LogP contribution in [0.25, 0.3) is 0 Å². The third-order valence-corrected chi connectivity index (χ3v) is 4.77. The third-order valence-electron chi connectivity index (χ3n) is 4.77. The van der Waals surface area contributed by atoms with Crippen LogP contribution < -0.4 is 0 Å². The summed E-state index contributed by atoms with van der Waals surface area (Å²) >= 11 is 0. The van der Waals surface area contributed by atoms with Gasteiger partial charge in [0.2, 0.25) is 0 Å². The lowest BCUT2D eigenvalue weighted by atomic mass is 9.50. The summed E-state index contributed by atoms with van der Waals surface area (Å²) < 4.78 is 0. The maximum Gasteiger partial charge on any atom is -0.0357 e. The first-order valence-electron chi connectivity index (χ1n) is 5.34. The minimum atomic E-state index is 1.08. The molecule has 5 atom stereocenters. The Morgan fingerprint density at radius 1 is 0.818 bits per heavy atom. The van der Waals surface area contributed by atoms with Crippen molar-refractivity contribution in [2.24, 2.45) is 29.6 Å². The van der Waals surface area contributed by atoms with E-state index < -0.39 is 0 Å². The quantitative estimate of drug-likeness (QED) is 0.498. The van der Waals surface area contributed by atoms with Crippen molar-refractivity contribution in [3.8, 4) is 0 Å². The van der Waals surface area contributed by atoms with Gasteiger partial charge in [0.25, 0.3) is 0 Å². The molecule has 4 unspecified atom stereocenters. The zero-order valence-electron chi connectivity index (χ0n) is 7.42. The average molecular weight is 150 g/mol. The van der Waals surface area contributed by atoms with Gasteiger partial charge in [-0.2, -0.15) is 0 Å². The molecule has 0 saturated heterocycles. The van der Waals surface area contributed by atoms with Crippen molar-refractivity contribution in [2.75, 3.05) is 0 Å². The summed E-state index contributed by atoms with van der Waals surface area (Å²) in [5.74, 6) is 5.72. The van der Waals surface area contributed by atoms with Gasteiger partial charge in [-0.15, -0.1) is 0 Å². The molecule has 5 fully saturated rings. The first kappa shape index (κ1) is 6.51. The van der Waals surface area contributed by atoms with Crippen molar-refractivity contribution in [3.05, 3.63) is 0 Å². The van der Waals surface area contributed by atoms with E-state index in [0.717, 1.165) is 23.7 Å². The van der Waals surface area contributed by atoms with E-state index in [9.17, 15) is 0 Å². The fraction of sp³-hybridized carbons (Fsp3) is 1.00. The maximum absolute atomic E-state index is 2.49. The number of fused-ring (bicyclic) bond motifs is 2. The molecule has 5 aliphatic carbocycles. The molecule has 62 valence electrons. The van der Waals surface area contributed by atoms with Gasteiger partial charge in [0.05, 0.1) is 0 Å². The van der Waals surface area contributed by atoms with Crippen LogP contribution in [0.3, 0.4) is 0 Å². The Kier molecular flexibility index (Phi) is 1.20. The van der Waals surface area contributed by atoms with Gasteiger partial charge in [-0.05, 0) is 61.7 Å². The van der Waals surface area contributed by atoms with Gasteiger partial charge < -0.3 is 0 Å². The first-order chi connectivity index (χ1) is 5.34. The van der Waals surface area contributed by atoms with Crippen LogP contribution in [0.5, 0.6) is 0 Å². The summed E-state index contributed by atoms with van der Waals surface area (Å²) in [5.41, 5.74) is 0. The molecule has 0 aromatic rings. The lowest BCUT2D eigenvalue weighted by Crippen LogP contribution is -2.46. The van der Waals surface area contributed by atoms with E-state index in [4.69, 9.17) is 0 Å². The van der Waals surface area contributed by atoms with Crippen LogP contribution in [-0.2, 0) is 0 Å². The Morgan fingerprint density at radius 2 is 1.64 bits per heavy atom. The third kappa shape index (κ3) is 0.761. The molecule has 4 bridgehead atoms. The van der Waals surface area contributed by atoms with Gasteiger partial charge >= 0.3 is 0 Å². The molecule has 0 aliphatic heterocycles. The minimum Gasteiger partial charge on any atom is -0.0622 e. The molecule has 0 heteroatoms. The summed E-state index contributed by atoms with van der Waals surface area (Å²) in [4.78, 5) is 0. The van der Waals surface area contributed by atoms with Gasteiger partial charge in [0.15, 0.2) is 0 Å². The van der Waals surface area contributed by atoms with E-state index in [1.165, 1.54) is 5.92 Å². The Balaban J connectivity index is 1.93. The van der Waals surface area contributed by atoms with Gasteiger partial charge in [0.1, 0.15) is 0 Å². The van der Waals surface area contributed by atoms with Crippen molar-refractivity contribution in [1.29, 1.82) is 0 Å². The van der Waals surface area contributed by atoms with Gasteiger partial charge in [-0.25, -0.2) is 0 Å². The molecule has 0 spiro atoms. The van der Waals surface area contributed by atoms with E-state index in [0.29, 0.717) is 0 Å². The zero-order valence-corrected chi connectivity index (χ0v) is 7.42. The molecule has 0 aromatic carbocycles. The predicted octanol–water partition coefficient (Wildman–Crippen LogP) is 3.08. The van der Waals surface area contributed by atoms with Gasteiger partial charge in [-0.3, -0.25) is 0 Å². The molecular weight excluding hydrogens is 132 g/mol. The molecule has 5 aliphatic rings. The standard InChI is InChI=1S/C11H18/c1-7-4-10-5-9-3-2-8(10)6-11(7)9/h7-11H,2-6H2,1H3/t7-,8?,9?,10?,11?/m0/s1. The lowest BCUT2D eigenvalue weighted by molar-refractivity contribution is -0.0525. The second kappa shape index (κ2) is 2.02. The largest absolute Gasteiger partial charge is 0.0622 e. The Labute approximate surface area is 69.4 Å². The molecule has 0 radical (unpaired) electrons. The second-order valence-electron chi connectivity index (χ2n) is 5.21. The molecular formula is C11H18. The van der Waals surface area contributed by atoms with Crippen LogP contribution in [0, 0.1) is 29.6 Å². The maximum atomic E-state index is 2.49. The lowest BCUT2D eigenvalue weighted by Gasteiger charge is -2.55. The topological polar surface area (TPSA) is 0 Å². The fourth-order valence-electron chi connectivity index (χ4n) is 4.24. The summed E-state index contributed by atoms with van der Waals surface area (Å²) in [6, 6.07) is 0. The molecule has 0 N–H and O–H groups in total. The minimum absolute atomic E-state index is 1.08. The van der Waals surface area contributed by atoms with Crippen LogP contribution in [-0.4, -0.2) is 0 Å². The Morgan fingerprint density at radius 3 is 2.18 bits per heavy atom. The van der Waals surface area contributed by atoms with Gasteiger partial charge in [-0.1, -0.05) is 6.92 Å². The summed E-state index contributed by atoms with van der Waals surface area (Å²) in [5, 5.41) is 0. The smallest absolute Gasteiger partial charge is 0.0357 e. The van der Waals surface area contributed by atoms with Crippen molar-refractivity contribution in [2.45, 2.75) is 39.0 Å². The normalized spacial score (nSPS) is 60.3. The monoisotopic (exact) mass is 150 g/mol. The van der Waals surface area contributed by atoms with Crippen LogP contribution in [0.2, 0.25) is 0 Å². The molecule has 0 amide bonds. The van der Waals surface area contributed by atoms with E-state index in [1.54, 1.807) is 32.1 Å². The molecule has 0 nitrogen and oxygen atoms in total. The highest BCUT2D eigenvalue weighted by Gasteiger charge is 2.48.